The minimum atomic E-state index is -0.873. The first-order chi connectivity index (χ1) is 11.9. The van der Waals surface area contributed by atoms with Gasteiger partial charge in [0, 0.05) is 18.3 Å². The Morgan fingerprint density at radius 3 is 2.40 bits per heavy atom. The van der Waals surface area contributed by atoms with Crippen LogP contribution in [-0.4, -0.2) is 39.6 Å². The Labute approximate surface area is 147 Å². The zero-order valence-corrected chi connectivity index (χ0v) is 14.3. The van der Waals surface area contributed by atoms with Crippen molar-refractivity contribution in [2.45, 2.75) is 13.8 Å². The zero-order valence-electron chi connectivity index (χ0n) is 13.5. The molecule has 1 aromatic heterocycles. The number of non-ortho nitro benzene ring substituents is 1. The van der Waals surface area contributed by atoms with E-state index in [4.69, 9.17) is 21.7 Å². The summed E-state index contributed by atoms with van der Waals surface area (Å²) in [5, 5.41) is 11.0. The van der Waals surface area contributed by atoms with Crippen LogP contribution in [0.2, 0.25) is 0 Å². The second kappa shape index (κ2) is 7.71. The number of H-pyrrole nitrogens is 1. The minimum absolute atomic E-state index is 0.0698. The number of rotatable bonds is 6. The zero-order chi connectivity index (χ0) is 18.6. The number of hydrogen-bond donors (Lipinski definition) is 1. The summed E-state index contributed by atoms with van der Waals surface area (Å²) in [6.45, 7) is 3.34. The number of nitrogens with zero attached hydrogens (tertiary/aromatic N) is 2. The lowest BCUT2D eigenvalue weighted by molar-refractivity contribution is -0.384. The van der Waals surface area contributed by atoms with E-state index in [0.29, 0.717) is 11.0 Å². The molecule has 0 fully saturated rings. The van der Waals surface area contributed by atoms with Crippen molar-refractivity contribution in [3.05, 3.63) is 38.7 Å². The number of hydrogen-bond acceptors (Lipinski definition) is 7. The summed E-state index contributed by atoms with van der Waals surface area (Å²) in [5.74, 6) is -1.75. The summed E-state index contributed by atoms with van der Waals surface area (Å²) in [7, 11) is 0. The van der Waals surface area contributed by atoms with Gasteiger partial charge in [0.1, 0.15) is 0 Å². The first-order valence-corrected chi connectivity index (χ1v) is 7.74. The largest absolute Gasteiger partial charge is 0.462 e. The number of benzene rings is 1. The van der Waals surface area contributed by atoms with E-state index in [9.17, 15) is 19.7 Å². The molecule has 1 N–H and O–H groups in total. The van der Waals surface area contributed by atoms with Gasteiger partial charge in [0.25, 0.3) is 5.69 Å². The summed E-state index contributed by atoms with van der Waals surface area (Å²) >= 11 is 5.17. The Hall–Kier alpha value is -3.01. The van der Waals surface area contributed by atoms with E-state index < -0.39 is 16.9 Å². The van der Waals surface area contributed by atoms with E-state index in [2.05, 4.69) is 4.98 Å². The fourth-order valence-corrected chi connectivity index (χ4v) is 2.35. The maximum atomic E-state index is 12.1. The number of carbonyl (C=O) groups excluding carboxylic acids is 2. The van der Waals surface area contributed by atoms with Gasteiger partial charge in [-0.2, -0.15) is 0 Å². The number of nitrogens with one attached hydrogen (secondary N) is 1. The normalized spacial score (nSPS) is 10.3. The molecule has 0 radical (unpaired) electrons. The molecule has 0 atom stereocenters. The molecule has 0 saturated heterocycles. The molecular formula is C15H15N3O6S. The average molecular weight is 365 g/mol. The molecule has 0 bridgehead atoms. The molecule has 0 unspecified atom stereocenters. The van der Waals surface area contributed by atoms with E-state index in [1.165, 1.54) is 22.8 Å². The summed E-state index contributed by atoms with van der Waals surface area (Å²) < 4.78 is 11.2. The molecule has 0 aliphatic heterocycles. The van der Waals surface area contributed by atoms with Gasteiger partial charge in [-0.3, -0.25) is 14.7 Å². The molecule has 0 amide bonds. The monoisotopic (exact) mass is 365 g/mol. The van der Waals surface area contributed by atoms with Crippen molar-refractivity contribution in [3.8, 4) is 0 Å². The lowest BCUT2D eigenvalue weighted by atomic mass is 10.2. The van der Waals surface area contributed by atoms with Crippen molar-refractivity contribution in [2.75, 3.05) is 13.2 Å². The van der Waals surface area contributed by atoms with Gasteiger partial charge >= 0.3 is 11.9 Å². The second-order valence-corrected chi connectivity index (χ2v) is 5.13. The quantitative estimate of drug-likeness (QED) is 0.159. The van der Waals surface area contributed by atoms with Crippen LogP contribution in [0.15, 0.2) is 23.8 Å². The SMILES string of the molecule is CCOC(=O)C(=Cn1c(=S)[nH]c2ccc([N+](=O)[O-])cc21)C(=O)OCC. The molecule has 10 heteroatoms. The highest BCUT2D eigenvalue weighted by molar-refractivity contribution is 7.71. The molecule has 2 rings (SSSR count). The van der Waals surface area contributed by atoms with E-state index in [1.54, 1.807) is 13.8 Å². The Kier molecular flexibility index (Phi) is 5.65. The van der Waals surface area contributed by atoms with Crippen LogP contribution in [0, 0.1) is 14.9 Å². The minimum Gasteiger partial charge on any atom is -0.462 e. The third-order valence-corrected chi connectivity index (χ3v) is 3.46. The Bertz CT molecular complexity index is 907. The smallest absolute Gasteiger partial charge is 0.347 e. The van der Waals surface area contributed by atoms with Crippen LogP contribution in [0.25, 0.3) is 17.2 Å². The number of nitro groups is 1. The first-order valence-electron chi connectivity index (χ1n) is 7.33. The summed E-state index contributed by atoms with van der Waals surface area (Å²) in [4.78, 5) is 37.4. The van der Waals surface area contributed by atoms with Crippen LogP contribution < -0.4 is 0 Å². The van der Waals surface area contributed by atoms with Crippen LogP contribution >= 0.6 is 12.2 Å². The maximum Gasteiger partial charge on any atom is 0.347 e. The number of ether oxygens (including phenoxy) is 2. The van der Waals surface area contributed by atoms with Gasteiger partial charge in [0.2, 0.25) is 0 Å². The van der Waals surface area contributed by atoms with Gasteiger partial charge in [-0.1, -0.05) is 0 Å². The number of imidazole rings is 1. The molecule has 132 valence electrons. The van der Waals surface area contributed by atoms with Gasteiger partial charge in [-0.15, -0.1) is 0 Å². The van der Waals surface area contributed by atoms with Gasteiger partial charge in [-0.05, 0) is 32.1 Å². The summed E-state index contributed by atoms with van der Waals surface area (Å²) in [5.41, 5.74) is 0.328. The Morgan fingerprint density at radius 2 is 1.88 bits per heavy atom. The Morgan fingerprint density at radius 1 is 1.28 bits per heavy atom. The third-order valence-electron chi connectivity index (χ3n) is 3.16. The standard InChI is InChI=1S/C15H15N3O6S/c1-3-23-13(19)10(14(20)24-4-2)8-17-12-7-9(18(21)22)5-6-11(12)16-15(17)25/h5-8H,3-4H2,1-2H3,(H,16,25). The number of aromatic amines is 1. The lowest BCUT2D eigenvalue weighted by Gasteiger charge is -2.07. The van der Waals surface area contributed by atoms with Crippen LogP contribution in [-0.2, 0) is 19.1 Å². The summed E-state index contributed by atoms with van der Waals surface area (Å²) in [6.07, 6.45) is 1.15. The van der Waals surface area contributed by atoms with Crippen molar-refractivity contribution in [3.63, 3.8) is 0 Å². The average Bonchev–Trinajstić information content (AvgIpc) is 2.87. The van der Waals surface area contributed by atoms with E-state index in [0.717, 1.165) is 6.20 Å². The van der Waals surface area contributed by atoms with Crippen molar-refractivity contribution in [1.29, 1.82) is 0 Å². The van der Waals surface area contributed by atoms with E-state index >= 15 is 0 Å². The topological polar surface area (TPSA) is 116 Å². The fraction of sp³-hybridized carbons (Fsp3) is 0.267. The number of fused-ring (bicyclic) bond motifs is 1. The van der Waals surface area contributed by atoms with Crippen LogP contribution in [0.5, 0.6) is 0 Å². The molecule has 0 aliphatic rings. The highest BCUT2D eigenvalue weighted by atomic mass is 32.1. The highest BCUT2D eigenvalue weighted by Crippen LogP contribution is 2.22. The number of nitro benzene ring substituents is 1. The number of esters is 2. The third kappa shape index (κ3) is 3.91. The molecule has 9 nitrogen and oxygen atoms in total. The number of carbonyl (C=O) groups is 2. The molecule has 2 aromatic rings. The first kappa shape index (κ1) is 18.3. The van der Waals surface area contributed by atoms with Crippen molar-refractivity contribution in [1.82, 2.24) is 9.55 Å². The van der Waals surface area contributed by atoms with Crippen molar-refractivity contribution < 1.29 is 24.0 Å². The molecule has 1 heterocycles. The van der Waals surface area contributed by atoms with Crippen molar-refractivity contribution in [2.24, 2.45) is 0 Å². The van der Waals surface area contributed by atoms with Crippen LogP contribution in [0.3, 0.4) is 0 Å². The molecular weight excluding hydrogens is 350 g/mol. The predicted octanol–water partition coefficient (Wildman–Crippen LogP) is 2.57. The molecule has 0 spiro atoms. The Balaban J connectivity index is 2.65. The molecule has 0 saturated carbocycles. The molecule has 25 heavy (non-hydrogen) atoms. The van der Waals surface area contributed by atoms with E-state index in [1.807, 2.05) is 0 Å². The van der Waals surface area contributed by atoms with Gasteiger partial charge in [-0.25, -0.2) is 9.59 Å². The van der Waals surface area contributed by atoms with Gasteiger partial charge in [0.05, 0.1) is 29.2 Å². The van der Waals surface area contributed by atoms with Gasteiger partial charge < -0.3 is 14.5 Å². The van der Waals surface area contributed by atoms with Crippen LogP contribution in [0.4, 0.5) is 5.69 Å². The lowest BCUT2D eigenvalue weighted by Crippen LogP contribution is -2.19. The maximum absolute atomic E-state index is 12.1. The second-order valence-electron chi connectivity index (χ2n) is 4.74. The molecule has 0 aliphatic carbocycles. The number of aromatic nitrogens is 2. The summed E-state index contributed by atoms with van der Waals surface area (Å²) in [6, 6.07) is 4.09. The fourth-order valence-electron chi connectivity index (χ4n) is 2.09. The highest BCUT2D eigenvalue weighted by Gasteiger charge is 2.22. The van der Waals surface area contributed by atoms with Gasteiger partial charge in [0.15, 0.2) is 10.3 Å². The molecule has 1 aromatic carbocycles. The predicted molar refractivity (Wildman–Crippen MR) is 91.3 cm³/mol. The van der Waals surface area contributed by atoms with Crippen LogP contribution in [0.1, 0.15) is 13.8 Å². The van der Waals surface area contributed by atoms with Crippen molar-refractivity contribution >= 4 is 47.1 Å². The van der Waals surface area contributed by atoms with E-state index in [-0.39, 0.29) is 29.2 Å².